The number of amides is 1. The molecular formula is C20H24N4O2. The molecule has 1 atom stereocenters. The van der Waals surface area contributed by atoms with Crippen molar-refractivity contribution >= 4 is 11.6 Å². The van der Waals surface area contributed by atoms with Gasteiger partial charge in [0.05, 0.1) is 24.5 Å². The van der Waals surface area contributed by atoms with E-state index in [1.165, 1.54) is 5.56 Å². The average molecular weight is 352 g/mol. The van der Waals surface area contributed by atoms with E-state index < -0.39 is 6.10 Å². The lowest BCUT2D eigenvalue weighted by molar-refractivity contribution is -0.120. The van der Waals surface area contributed by atoms with Crippen molar-refractivity contribution in [3.8, 4) is 0 Å². The number of hydrogen-bond acceptors (Lipinski definition) is 4. The van der Waals surface area contributed by atoms with Crippen LogP contribution in [0.1, 0.15) is 35.9 Å². The molecule has 26 heavy (non-hydrogen) atoms. The molecule has 0 bridgehead atoms. The molecule has 1 aromatic carbocycles. The van der Waals surface area contributed by atoms with Crippen LogP contribution in [0, 0.1) is 5.92 Å². The molecule has 1 fully saturated rings. The van der Waals surface area contributed by atoms with E-state index in [0.717, 1.165) is 56.0 Å². The summed E-state index contributed by atoms with van der Waals surface area (Å²) in [5.41, 5.74) is 4.22. The van der Waals surface area contributed by atoms with E-state index in [4.69, 9.17) is 0 Å². The molecule has 3 heterocycles. The number of aromatic nitrogens is 2. The van der Waals surface area contributed by atoms with E-state index in [0.29, 0.717) is 19.0 Å². The van der Waals surface area contributed by atoms with Crippen LogP contribution in [0.25, 0.3) is 0 Å². The summed E-state index contributed by atoms with van der Waals surface area (Å²) in [6.45, 7) is 3.51. The molecule has 1 aliphatic carbocycles. The zero-order chi connectivity index (χ0) is 17.7. The predicted octanol–water partition coefficient (Wildman–Crippen LogP) is 1.73. The fraction of sp³-hybridized carbons (Fsp3) is 0.500. The molecule has 1 aromatic heterocycles. The fourth-order valence-electron chi connectivity index (χ4n) is 4.15. The summed E-state index contributed by atoms with van der Waals surface area (Å²) in [5.74, 6) is 0.557. The van der Waals surface area contributed by atoms with Gasteiger partial charge in [0.15, 0.2) is 0 Å². The largest absolute Gasteiger partial charge is 0.386 e. The first kappa shape index (κ1) is 16.0. The maximum atomic E-state index is 12.8. The minimum Gasteiger partial charge on any atom is -0.386 e. The van der Waals surface area contributed by atoms with Crippen molar-refractivity contribution in [2.45, 2.75) is 38.5 Å². The summed E-state index contributed by atoms with van der Waals surface area (Å²) in [6, 6.07) is 10.2. The second-order valence-corrected chi connectivity index (χ2v) is 7.70. The van der Waals surface area contributed by atoms with Crippen LogP contribution in [0.15, 0.2) is 30.3 Å². The standard InChI is InChI=1S/C20H24N4O2/c25-19(23-8-7-14-3-1-2-4-18(14)23)13-22-9-10-24-16(12-22)11-17(21-24)20(26)15-5-6-15/h1-4,11,15,20,26H,5-10,12-13H2/t20-/m0/s1. The van der Waals surface area contributed by atoms with Gasteiger partial charge in [0.1, 0.15) is 6.10 Å². The number of rotatable bonds is 4. The van der Waals surface area contributed by atoms with E-state index in [-0.39, 0.29) is 5.91 Å². The smallest absolute Gasteiger partial charge is 0.241 e. The summed E-state index contributed by atoms with van der Waals surface area (Å²) >= 11 is 0. The lowest BCUT2D eigenvalue weighted by Gasteiger charge is -2.28. The van der Waals surface area contributed by atoms with E-state index in [9.17, 15) is 9.90 Å². The number of aliphatic hydroxyl groups excluding tert-OH is 1. The van der Waals surface area contributed by atoms with Gasteiger partial charge in [-0.3, -0.25) is 14.4 Å². The Hall–Kier alpha value is -2.18. The molecule has 1 amide bonds. The Morgan fingerprint density at radius 3 is 2.92 bits per heavy atom. The highest BCUT2D eigenvalue weighted by Gasteiger charge is 2.34. The van der Waals surface area contributed by atoms with Gasteiger partial charge >= 0.3 is 0 Å². The van der Waals surface area contributed by atoms with Gasteiger partial charge in [0, 0.05) is 25.3 Å². The van der Waals surface area contributed by atoms with Gasteiger partial charge in [0.25, 0.3) is 0 Å². The van der Waals surface area contributed by atoms with Crippen LogP contribution in [-0.4, -0.2) is 45.3 Å². The number of hydrogen-bond donors (Lipinski definition) is 1. The molecule has 136 valence electrons. The lowest BCUT2D eigenvalue weighted by Crippen LogP contribution is -2.42. The van der Waals surface area contributed by atoms with Crippen LogP contribution in [0.3, 0.4) is 0 Å². The Balaban J connectivity index is 1.26. The van der Waals surface area contributed by atoms with Crippen molar-refractivity contribution in [3.63, 3.8) is 0 Å². The zero-order valence-corrected chi connectivity index (χ0v) is 14.8. The highest BCUT2D eigenvalue weighted by molar-refractivity contribution is 5.96. The van der Waals surface area contributed by atoms with Gasteiger partial charge in [-0.1, -0.05) is 18.2 Å². The molecule has 1 saturated carbocycles. The summed E-state index contributed by atoms with van der Waals surface area (Å²) in [6.07, 6.45) is 2.71. The quantitative estimate of drug-likeness (QED) is 0.910. The molecule has 6 heteroatoms. The van der Waals surface area contributed by atoms with Crippen molar-refractivity contribution in [2.24, 2.45) is 5.92 Å². The highest BCUT2D eigenvalue weighted by atomic mass is 16.3. The maximum Gasteiger partial charge on any atom is 0.241 e. The lowest BCUT2D eigenvalue weighted by atomic mass is 10.1. The van der Waals surface area contributed by atoms with Crippen LogP contribution >= 0.6 is 0 Å². The monoisotopic (exact) mass is 352 g/mol. The summed E-state index contributed by atoms with van der Waals surface area (Å²) < 4.78 is 1.99. The second-order valence-electron chi connectivity index (χ2n) is 7.70. The summed E-state index contributed by atoms with van der Waals surface area (Å²) in [7, 11) is 0. The molecule has 0 saturated heterocycles. The van der Waals surface area contributed by atoms with Crippen LogP contribution in [-0.2, 0) is 24.3 Å². The predicted molar refractivity (Wildman–Crippen MR) is 97.7 cm³/mol. The molecule has 0 spiro atoms. The van der Waals surface area contributed by atoms with Gasteiger partial charge in [-0.15, -0.1) is 0 Å². The summed E-state index contributed by atoms with van der Waals surface area (Å²) in [5, 5.41) is 14.9. The molecule has 2 aliphatic heterocycles. The van der Waals surface area contributed by atoms with E-state index >= 15 is 0 Å². The van der Waals surface area contributed by atoms with Gasteiger partial charge in [-0.25, -0.2) is 0 Å². The van der Waals surface area contributed by atoms with E-state index in [1.54, 1.807) is 0 Å². The first-order chi connectivity index (χ1) is 12.7. The van der Waals surface area contributed by atoms with Gasteiger partial charge in [-0.2, -0.15) is 5.10 Å². The molecule has 5 rings (SSSR count). The Kier molecular flexibility index (Phi) is 3.83. The Morgan fingerprint density at radius 2 is 2.08 bits per heavy atom. The number of benzene rings is 1. The van der Waals surface area contributed by atoms with Gasteiger partial charge < -0.3 is 10.0 Å². The summed E-state index contributed by atoms with van der Waals surface area (Å²) in [4.78, 5) is 16.9. The van der Waals surface area contributed by atoms with E-state index in [1.807, 2.05) is 33.8 Å². The third-order valence-electron chi connectivity index (χ3n) is 5.81. The molecule has 2 aromatic rings. The Labute approximate surface area is 153 Å². The number of para-hydroxylation sites is 1. The number of fused-ring (bicyclic) bond motifs is 2. The number of nitrogens with zero attached hydrogens (tertiary/aromatic N) is 4. The normalized spacial score (nSPS) is 20.7. The SMILES string of the molecule is O=C(CN1CCn2nc([C@@H](O)C3CC3)cc2C1)N1CCc2ccccc21. The van der Waals surface area contributed by atoms with Crippen molar-refractivity contribution in [1.82, 2.24) is 14.7 Å². The minimum atomic E-state index is -0.427. The molecule has 3 aliphatic rings. The average Bonchev–Trinajstić information content (AvgIpc) is 3.27. The maximum absolute atomic E-state index is 12.8. The Bertz CT molecular complexity index is 842. The number of anilines is 1. The molecule has 1 N–H and O–H groups in total. The van der Waals surface area contributed by atoms with Crippen LogP contribution < -0.4 is 4.90 Å². The minimum absolute atomic E-state index is 0.168. The number of aliphatic hydroxyl groups is 1. The number of carbonyl (C=O) groups is 1. The van der Waals surface area contributed by atoms with Crippen molar-refractivity contribution < 1.29 is 9.90 Å². The second kappa shape index (κ2) is 6.21. The molecular weight excluding hydrogens is 328 g/mol. The van der Waals surface area contributed by atoms with Gasteiger partial charge in [0.2, 0.25) is 5.91 Å². The molecule has 0 radical (unpaired) electrons. The fourth-order valence-corrected chi connectivity index (χ4v) is 4.15. The van der Waals surface area contributed by atoms with Crippen molar-refractivity contribution in [1.29, 1.82) is 0 Å². The number of carbonyl (C=O) groups excluding carboxylic acids is 1. The van der Waals surface area contributed by atoms with Crippen LogP contribution in [0.4, 0.5) is 5.69 Å². The Morgan fingerprint density at radius 1 is 1.23 bits per heavy atom. The first-order valence-electron chi connectivity index (χ1n) is 9.54. The molecule has 6 nitrogen and oxygen atoms in total. The van der Waals surface area contributed by atoms with Crippen molar-refractivity contribution in [3.05, 3.63) is 47.3 Å². The highest BCUT2D eigenvalue weighted by Crippen LogP contribution is 2.40. The zero-order valence-electron chi connectivity index (χ0n) is 14.8. The van der Waals surface area contributed by atoms with Crippen LogP contribution in [0.2, 0.25) is 0 Å². The van der Waals surface area contributed by atoms with Crippen LogP contribution in [0.5, 0.6) is 0 Å². The molecule has 0 unspecified atom stereocenters. The van der Waals surface area contributed by atoms with Gasteiger partial charge in [-0.05, 0) is 42.9 Å². The topological polar surface area (TPSA) is 61.6 Å². The van der Waals surface area contributed by atoms with E-state index in [2.05, 4.69) is 16.1 Å². The third-order valence-corrected chi connectivity index (χ3v) is 5.81. The third kappa shape index (κ3) is 2.83. The first-order valence-corrected chi connectivity index (χ1v) is 9.54. The van der Waals surface area contributed by atoms with Crippen molar-refractivity contribution in [2.75, 3.05) is 24.5 Å².